The first-order valence-corrected chi connectivity index (χ1v) is 7.61. The van der Waals surface area contributed by atoms with E-state index in [4.69, 9.17) is 0 Å². The Morgan fingerprint density at radius 2 is 1.74 bits per heavy atom. The lowest BCUT2D eigenvalue weighted by molar-refractivity contribution is 0.0949. The zero-order valence-electron chi connectivity index (χ0n) is 13.4. The van der Waals surface area contributed by atoms with Crippen LogP contribution in [0.3, 0.4) is 0 Å². The van der Waals surface area contributed by atoms with Gasteiger partial charge in [0, 0.05) is 36.6 Å². The van der Waals surface area contributed by atoms with Crippen molar-refractivity contribution in [2.45, 2.75) is 20.4 Å². The van der Waals surface area contributed by atoms with Crippen molar-refractivity contribution >= 4 is 11.8 Å². The van der Waals surface area contributed by atoms with Crippen LogP contribution in [-0.4, -0.2) is 23.3 Å². The number of rotatable bonds is 6. The van der Waals surface area contributed by atoms with Gasteiger partial charge in [0.25, 0.3) is 11.8 Å². The third kappa shape index (κ3) is 5.21. The lowest BCUT2D eigenvalue weighted by atomic mass is 10.1. The van der Waals surface area contributed by atoms with Crippen LogP contribution in [0.4, 0.5) is 0 Å². The van der Waals surface area contributed by atoms with Gasteiger partial charge in [0.05, 0.1) is 0 Å². The van der Waals surface area contributed by atoms with Gasteiger partial charge in [0.15, 0.2) is 0 Å². The fourth-order valence-corrected chi connectivity index (χ4v) is 1.99. The maximum absolute atomic E-state index is 12.2. The van der Waals surface area contributed by atoms with Crippen LogP contribution in [0.1, 0.15) is 40.1 Å². The number of carbonyl (C=O) groups excluding carboxylic acids is 2. The molecule has 0 radical (unpaired) electrons. The molecule has 0 fully saturated rings. The standard InChI is InChI=1S/C18H21N3O2/c1-13(2)10-20-17(22)15-6-3-7-16(9-15)18(23)21-12-14-5-4-8-19-11-14/h3-9,11,13H,10,12H2,1-2H3,(H,20,22)(H,21,23). The Kier molecular flexibility index (Phi) is 5.86. The summed E-state index contributed by atoms with van der Waals surface area (Å²) in [6.07, 6.45) is 3.39. The minimum absolute atomic E-state index is 0.166. The van der Waals surface area contributed by atoms with E-state index >= 15 is 0 Å². The minimum Gasteiger partial charge on any atom is -0.352 e. The van der Waals surface area contributed by atoms with Crippen molar-refractivity contribution in [3.05, 3.63) is 65.5 Å². The molecule has 1 heterocycles. The quantitative estimate of drug-likeness (QED) is 0.860. The molecule has 2 amide bonds. The van der Waals surface area contributed by atoms with Crippen LogP contribution in [0.5, 0.6) is 0 Å². The molecule has 0 aliphatic carbocycles. The van der Waals surface area contributed by atoms with Gasteiger partial charge in [-0.2, -0.15) is 0 Å². The highest BCUT2D eigenvalue weighted by atomic mass is 16.2. The largest absolute Gasteiger partial charge is 0.352 e. The Labute approximate surface area is 136 Å². The van der Waals surface area contributed by atoms with Crippen LogP contribution in [0.2, 0.25) is 0 Å². The highest BCUT2D eigenvalue weighted by Crippen LogP contribution is 2.06. The molecule has 0 saturated carbocycles. The summed E-state index contributed by atoms with van der Waals surface area (Å²) in [4.78, 5) is 28.3. The van der Waals surface area contributed by atoms with E-state index in [0.29, 0.717) is 30.1 Å². The number of aromatic nitrogens is 1. The third-order valence-corrected chi connectivity index (χ3v) is 3.23. The average molecular weight is 311 g/mol. The number of hydrogen-bond donors (Lipinski definition) is 2. The van der Waals surface area contributed by atoms with Gasteiger partial charge in [0.1, 0.15) is 0 Å². The Hall–Kier alpha value is -2.69. The zero-order chi connectivity index (χ0) is 16.7. The predicted molar refractivity (Wildman–Crippen MR) is 89.0 cm³/mol. The van der Waals surface area contributed by atoms with Gasteiger partial charge in [0.2, 0.25) is 0 Å². The average Bonchev–Trinajstić information content (AvgIpc) is 2.58. The Morgan fingerprint density at radius 1 is 1.04 bits per heavy atom. The second-order valence-electron chi connectivity index (χ2n) is 5.73. The van der Waals surface area contributed by atoms with Crippen LogP contribution < -0.4 is 10.6 Å². The summed E-state index contributed by atoms with van der Waals surface area (Å²) in [5.74, 6) is -0.00196. The number of benzene rings is 1. The van der Waals surface area contributed by atoms with E-state index < -0.39 is 0 Å². The normalized spacial score (nSPS) is 10.4. The molecule has 2 N–H and O–H groups in total. The zero-order valence-corrected chi connectivity index (χ0v) is 13.4. The maximum Gasteiger partial charge on any atom is 0.251 e. The molecule has 2 aromatic rings. The second kappa shape index (κ2) is 8.08. The van der Waals surface area contributed by atoms with Gasteiger partial charge in [-0.1, -0.05) is 26.0 Å². The summed E-state index contributed by atoms with van der Waals surface area (Å²) < 4.78 is 0. The fourth-order valence-electron chi connectivity index (χ4n) is 1.99. The molecule has 23 heavy (non-hydrogen) atoms. The second-order valence-corrected chi connectivity index (χ2v) is 5.73. The Bertz CT molecular complexity index is 669. The summed E-state index contributed by atoms with van der Waals surface area (Å²) in [5.41, 5.74) is 1.87. The number of nitrogens with zero attached hydrogens (tertiary/aromatic N) is 1. The first-order chi connectivity index (χ1) is 11.1. The molecule has 0 atom stereocenters. The van der Waals surface area contributed by atoms with E-state index in [1.807, 2.05) is 26.0 Å². The molecule has 0 unspecified atom stereocenters. The van der Waals surface area contributed by atoms with Crippen molar-refractivity contribution in [2.24, 2.45) is 5.92 Å². The molecule has 1 aromatic heterocycles. The molecule has 5 heteroatoms. The predicted octanol–water partition coefficient (Wildman–Crippen LogP) is 2.40. The van der Waals surface area contributed by atoms with Crippen LogP contribution in [0.25, 0.3) is 0 Å². The SMILES string of the molecule is CC(C)CNC(=O)c1cccc(C(=O)NCc2cccnc2)c1. The summed E-state index contributed by atoms with van der Waals surface area (Å²) >= 11 is 0. The Morgan fingerprint density at radius 3 is 2.35 bits per heavy atom. The molecule has 120 valence electrons. The molecule has 0 bridgehead atoms. The van der Waals surface area contributed by atoms with E-state index in [-0.39, 0.29) is 11.8 Å². The lowest BCUT2D eigenvalue weighted by Crippen LogP contribution is -2.28. The number of pyridine rings is 1. The number of carbonyl (C=O) groups is 2. The summed E-state index contributed by atoms with van der Waals surface area (Å²) in [6.45, 7) is 5.07. The van der Waals surface area contributed by atoms with Gasteiger partial charge < -0.3 is 10.6 Å². The Balaban J connectivity index is 1.98. The first-order valence-electron chi connectivity index (χ1n) is 7.61. The van der Waals surface area contributed by atoms with Crippen molar-refractivity contribution in [2.75, 3.05) is 6.54 Å². The molecule has 0 aliphatic heterocycles. The molecule has 0 saturated heterocycles. The van der Waals surface area contributed by atoms with Crippen LogP contribution in [0.15, 0.2) is 48.8 Å². The molecule has 1 aromatic carbocycles. The number of amides is 2. The minimum atomic E-state index is -0.215. The van der Waals surface area contributed by atoms with Crippen LogP contribution in [-0.2, 0) is 6.54 Å². The van der Waals surface area contributed by atoms with E-state index in [2.05, 4.69) is 15.6 Å². The van der Waals surface area contributed by atoms with E-state index in [1.165, 1.54) is 0 Å². The number of nitrogens with one attached hydrogen (secondary N) is 2. The van der Waals surface area contributed by atoms with Crippen molar-refractivity contribution in [1.29, 1.82) is 0 Å². The first kappa shape index (κ1) is 16.7. The molecule has 5 nitrogen and oxygen atoms in total. The summed E-state index contributed by atoms with van der Waals surface area (Å²) in [6, 6.07) is 10.4. The van der Waals surface area contributed by atoms with Gasteiger partial charge in [-0.25, -0.2) is 0 Å². The summed E-state index contributed by atoms with van der Waals surface area (Å²) in [7, 11) is 0. The topological polar surface area (TPSA) is 71.1 Å². The van der Waals surface area contributed by atoms with Crippen LogP contribution >= 0.6 is 0 Å². The van der Waals surface area contributed by atoms with E-state index in [9.17, 15) is 9.59 Å². The highest BCUT2D eigenvalue weighted by Gasteiger charge is 2.10. The van der Waals surface area contributed by atoms with Crippen molar-refractivity contribution < 1.29 is 9.59 Å². The molecule has 0 aliphatic rings. The smallest absolute Gasteiger partial charge is 0.251 e. The molecular formula is C18H21N3O2. The van der Waals surface area contributed by atoms with Crippen molar-refractivity contribution in [1.82, 2.24) is 15.6 Å². The highest BCUT2D eigenvalue weighted by molar-refractivity contribution is 5.99. The molecule has 0 spiro atoms. The maximum atomic E-state index is 12.2. The molecular weight excluding hydrogens is 290 g/mol. The summed E-state index contributed by atoms with van der Waals surface area (Å²) in [5, 5.41) is 5.66. The molecule has 2 rings (SSSR count). The lowest BCUT2D eigenvalue weighted by Gasteiger charge is -2.09. The van der Waals surface area contributed by atoms with Gasteiger partial charge in [-0.3, -0.25) is 14.6 Å². The van der Waals surface area contributed by atoms with E-state index in [1.54, 1.807) is 36.7 Å². The van der Waals surface area contributed by atoms with Gasteiger partial charge >= 0.3 is 0 Å². The van der Waals surface area contributed by atoms with Crippen molar-refractivity contribution in [3.8, 4) is 0 Å². The van der Waals surface area contributed by atoms with E-state index in [0.717, 1.165) is 5.56 Å². The fraction of sp³-hybridized carbons (Fsp3) is 0.278. The van der Waals surface area contributed by atoms with Gasteiger partial charge in [-0.15, -0.1) is 0 Å². The van der Waals surface area contributed by atoms with Crippen LogP contribution in [0, 0.1) is 5.92 Å². The van der Waals surface area contributed by atoms with Gasteiger partial charge in [-0.05, 0) is 35.7 Å². The number of hydrogen-bond acceptors (Lipinski definition) is 3. The third-order valence-electron chi connectivity index (χ3n) is 3.23. The van der Waals surface area contributed by atoms with Crippen molar-refractivity contribution in [3.63, 3.8) is 0 Å². The monoisotopic (exact) mass is 311 g/mol.